The molecule has 1 atom stereocenters. The van der Waals surface area contributed by atoms with Gasteiger partial charge in [-0.3, -0.25) is 4.79 Å². The average molecular weight is 457 g/mol. The Kier molecular flexibility index (Phi) is 4.85. The number of hydrogen-bond acceptors (Lipinski definition) is 4. The van der Waals surface area contributed by atoms with Gasteiger partial charge < -0.3 is 19.7 Å². The minimum atomic E-state index is -0.667. The van der Waals surface area contributed by atoms with Gasteiger partial charge in [0.15, 0.2) is 11.5 Å². The van der Waals surface area contributed by atoms with Crippen molar-refractivity contribution in [2.45, 2.75) is 31.3 Å². The number of para-hydroxylation sites is 1. The van der Waals surface area contributed by atoms with Crippen LogP contribution in [0.15, 0.2) is 46.9 Å². The molecule has 0 saturated carbocycles. The topological polar surface area (TPSA) is 50.8 Å². The van der Waals surface area contributed by atoms with Gasteiger partial charge in [-0.2, -0.15) is 0 Å². The molecule has 5 nitrogen and oxygen atoms in total. The number of amides is 1. The molecule has 0 aromatic heterocycles. The molecule has 2 aliphatic heterocycles. The predicted octanol–water partition coefficient (Wildman–Crippen LogP) is 4.49. The summed E-state index contributed by atoms with van der Waals surface area (Å²) in [6, 6.07) is 12.1. The maximum Gasteiger partial charge on any atom is 0.223 e. The van der Waals surface area contributed by atoms with Crippen LogP contribution in [0.3, 0.4) is 0 Å². The lowest BCUT2D eigenvalue weighted by molar-refractivity contribution is -0.124. The first-order valence-corrected chi connectivity index (χ1v) is 10.4. The molecule has 4 rings (SSSR count). The fourth-order valence-corrected chi connectivity index (χ4v) is 4.94. The van der Waals surface area contributed by atoms with Crippen LogP contribution in [0.1, 0.15) is 31.4 Å². The highest BCUT2D eigenvalue weighted by atomic mass is 79.9. The van der Waals surface area contributed by atoms with E-state index in [1.165, 1.54) is 5.56 Å². The minimum absolute atomic E-state index is 0.0588. The van der Waals surface area contributed by atoms with Gasteiger partial charge in [0.05, 0.1) is 14.2 Å². The highest BCUT2D eigenvalue weighted by molar-refractivity contribution is 9.10. The second-order valence-electron chi connectivity index (χ2n) is 7.92. The lowest BCUT2D eigenvalue weighted by Gasteiger charge is -2.49. The average Bonchev–Trinajstić information content (AvgIpc) is 2.89. The van der Waals surface area contributed by atoms with E-state index < -0.39 is 5.66 Å². The summed E-state index contributed by atoms with van der Waals surface area (Å²) in [6.45, 7) is 5.03. The number of nitrogens with zero attached hydrogens (tertiary/aromatic N) is 1. The van der Waals surface area contributed by atoms with E-state index in [4.69, 9.17) is 9.47 Å². The molecule has 2 aromatic rings. The van der Waals surface area contributed by atoms with Crippen LogP contribution in [-0.4, -0.2) is 32.3 Å². The van der Waals surface area contributed by atoms with Crippen molar-refractivity contribution >= 4 is 33.6 Å². The van der Waals surface area contributed by atoms with E-state index in [1.54, 1.807) is 14.2 Å². The molecule has 152 valence electrons. The highest BCUT2D eigenvalue weighted by Gasteiger charge is 2.57. The van der Waals surface area contributed by atoms with Gasteiger partial charge in [0.25, 0.3) is 0 Å². The van der Waals surface area contributed by atoms with Crippen LogP contribution in [0.2, 0.25) is 0 Å². The molecular weight excluding hydrogens is 432 g/mol. The van der Waals surface area contributed by atoms with Crippen LogP contribution in [0, 0.1) is 0 Å². The molecule has 2 heterocycles. The fourth-order valence-electron chi connectivity index (χ4n) is 4.58. The molecule has 1 fully saturated rings. The zero-order valence-electron chi connectivity index (χ0n) is 17.1. The van der Waals surface area contributed by atoms with Crippen molar-refractivity contribution in [3.63, 3.8) is 0 Å². The predicted molar refractivity (Wildman–Crippen MR) is 119 cm³/mol. The zero-order valence-corrected chi connectivity index (χ0v) is 18.7. The summed E-state index contributed by atoms with van der Waals surface area (Å²) < 4.78 is 12.0. The van der Waals surface area contributed by atoms with E-state index in [1.807, 2.05) is 24.3 Å². The van der Waals surface area contributed by atoms with Gasteiger partial charge in [0, 0.05) is 34.1 Å². The van der Waals surface area contributed by atoms with Crippen molar-refractivity contribution in [3.8, 4) is 11.5 Å². The van der Waals surface area contributed by atoms with E-state index in [0.717, 1.165) is 15.7 Å². The molecule has 0 radical (unpaired) electrons. The molecule has 0 bridgehead atoms. The number of hydrogen-bond donors (Lipinski definition) is 1. The van der Waals surface area contributed by atoms with E-state index >= 15 is 0 Å². The van der Waals surface area contributed by atoms with Gasteiger partial charge in [-0.25, -0.2) is 0 Å². The third-order valence-electron chi connectivity index (χ3n) is 6.13. The first-order valence-electron chi connectivity index (χ1n) is 9.63. The highest BCUT2D eigenvalue weighted by Crippen LogP contribution is 2.53. The number of benzene rings is 2. The molecule has 2 aromatic carbocycles. The van der Waals surface area contributed by atoms with Crippen LogP contribution in [-0.2, 0) is 10.2 Å². The van der Waals surface area contributed by atoms with Gasteiger partial charge in [0.1, 0.15) is 5.66 Å². The second-order valence-corrected chi connectivity index (χ2v) is 8.83. The first-order chi connectivity index (χ1) is 13.8. The number of anilines is 1. The summed E-state index contributed by atoms with van der Waals surface area (Å²) in [6.07, 6.45) is 4.58. The number of methoxy groups -OCH3 is 2. The largest absolute Gasteiger partial charge is 0.493 e. The number of fused-ring (bicyclic) bond motifs is 3. The van der Waals surface area contributed by atoms with Crippen molar-refractivity contribution in [2.75, 3.05) is 25.7 Å². The molecule has 1 N–H and O–H groups in total. The van der Waals surface area contributed by atoms with E-state index in [2.05, 4.69) is 64.3 Å². The standard InChI is InChI=1S/C23H25BrN2O3/c1-22(2)17-14-16(24)8-9-18(17)26-13-11-20(27)25-23(22,26)12-10-15-6-5-7-19(28-3)21(15)29-4/h5-10,12,14H,11,13H2,1-4H3,(H,25,27). The molecule has 2 aliphatic rings. The molecular formula is C23H25BrN2O3. The first kappa shape index (κ1) is 19.8. The van der Waals surface area contributed by atoms with Gasteiger partial charge in [0.2, 0.25) is 5.91 Å². The third-order valence-corrected chi connectivity index (χ3v) is 6.62. The zero-order chi connectivity index (χ0) is 20.8. The van der Waals surface area contributed by atoms with Crippen LogP contribution >= 0.6 is 15.9 Å². The monoisotopic (exact) mass is 456 g/mol. The van der Waals surface area contributed by atoms with Crippen LogP contribution < -0.4 is 19.7 Å². The summed E-state index contributed by atoms with van der Waals surface area (Å²) in [5.74, 6) is 1.41. The fraction of sp³-hybridized carbons (Fsp3) is 0.348. The molecule has 29 heavy (non-hydrogen) atoms. The van der Waals surface area contributed by atoms with Crippen LogP contribution in [0.4, 0.5) is 5.69 Å². The van der Waals surface area contributed by atoms with E-state index in [0.29, 0.717) is 24.5 Å². The summed E-state index contributed by atoms with van der Waals surface area (Å²) >= 11 is 3.60. The summed E-state index contributed by atoms with van der Waals surface area (Å²) in [7, 11) is 3.26. The summed E-state index contributed by atoms with van der Waals surface area (Å²) in [5.41, 5.74) is 2.25. The van der Waals surface area contributed by atoms with Crippen molar-refractivity contribution in [3.05, 3.63) is 58.1 Å². The van der Waals surface area contributed by atoms with Crippen molar-refractivity contribution in [1.29, 1.82) is 0 Å². The van der Waals surface area contributed by atoms with Crippen molar-refractivity contribution in [2.24, 2.45) is 0 Å². The van der Waals surface area contributed by atoms with Gasteiger partial charge >= 0.3 is 0 Å². The number of carbonyl (C=O) groups excluding carboxylic acids is 1. The molecule has 1 saturated heterocycles. The van der Waals surface area contributed by atoms with Gasteiger partial charge in [-0.1, -0.05) is 48.0 Å². The maximum absolute atomic E-state index is 12.5. The molecule has 0 spiro atoms. The number of ether oxygens (including phenoxy) is 2. The lowest BCUT2D eigenvalue weighted by atomic mass is 9.74. The van der Waals surface area contributed by atoms with Crippen LogP contribution in [0.5, 0.6) is 11.5 Å². The van der Waals surface area contributed by atoms with Gasteiger partial charge in [-0.05, 0) is 35.9 Å². The van der Waals surface area contributed by atoms with Gasteiger partial charge in [-0.15, -0.1) is 0 Å². The Morgan fingerprint density at radius 2 is 1.97 bits per heavy atom. The Morgan fingerprint density at radius 1 is 1.17 bits per heavy atom. The smallest absolute Gasteiger partial charge is 0.223 e. The number of rotatable bonds is 4. The molecule has 1 unspecified atom stereocenters. The lowest BCUT2D eigenvalue weighted by Crippen LogP contribution is -2.68. The quantitative estimate of drug-likeness (QED) is 0.735. The summed E-state index contributed by atoms with van der Waals surface area (Å²) in [5, 5.41) is 3.30. The Morgan fingerprint density at radius 3 is 2.69 bits per heavy atom. The van der Waals surface area contributed by atoms with E-state index in [9.17, 15) is 4.79 Å². The number of halogens is 1. The Balaban J connectivity index is 1.86. The number of nitrogens with one attached hydrogen (secondary N) is 1. The van der Waals surface area contributed by atoms with Crippen molar-refractivity contribution < 1.29 is 14.3 Å². The van der Waals surface area contributed by atoms with Crippen LogP contribution in [0.25, 0.3) is 6.08 Å². The molecule has 0 aliphatic carbocycles. The minimum Gasteiger partial charge on any atom is -0.493 e. The third kappa shape index (κ3) is 2.92. The Labute approximate surface area is 179 Å². The SMILES string of the molecule is COc1cccc(C=CC23NC(=O)CCN2c2ccc(Br)cc2C3(C)C)c1OC. The molecule has 1 amide bonds. The number of carbonyl (C=O) groups is 1. The van der Waals surface area contributed by atoms with Crippen molar-refractivity contribution in [1.82, 2.24) is 5.32 Å². The van der Waals surface area contributed by atoms with E-state index in [-0.39, 0.29) is 11.3 Å². The maximum atomic E-state index is 12.5. The Bertz CT molecular complexity index is 1000. The normalized spacial score (nSPS) is 22.2. The Hall–Kier alpha value is -2.47. The molecule has 6 heteroatoms. The second kappa shape index (κ2) is 7.10. The summed E-state index contributed by atoms with van der Waals surface area (Å²) in [4.78, 5) is 14.8.